The molecule has 0 radical (unpaired) electrons. The van der Waals surface area contributed by atoms with Gasteiger partial charge in [0.15, 0.2) is 0 Å². The van der Waals surface area contributed by atoms with Crippen LogP contribution in [0.4, 0.5) is 0 Å². The molecule has 1 N–H and O–H groups in total. The van der Waals surface area contributed by atoms with Crippen molar-refractivity contribution in [1.29, 1.82) is 0 Å². The zero-order valence-corrected chi connectivity index (χ0v) is 14.8. The third-order valence-electron chi connectivity index (χ3n) is 4.96. The fourth-order valence-electron chi connectivity index (χ4n) is 3.55. The molecule has 5 heteroatoms. The second kappa shape index (κ2) is 6.80. The van der Waals surface area contributed by atoms with Crippen LogP contribution in [0.2, 0.25) is 5.02 Å². The molecule has 3 rings (SSSR count). The van der Waals surface area contributed by atoms with Gasteiger partial charge in [-0.05, 0) is 43.0 Å². The Morgan fingerprint density at radius 3 is 2.87 bits per heavy atom. The summed E-state index contributed by atoms with van der Waals surface area (Å²) in [6, 6.07) is 6.02. The van der Waals surface area contributed by atoms with Gasteiger partial charge in [0.05, 0.1) is 12.7 Å². The van der Waals surface area contributed by atoms with E-state index in [9.17, 15) is 4.79 Å². The first-order valence-electron chi connectivity index (χ1n) is 8.36. The minimum absolute atomic E-state index is 0.00894. The van der Waals surface area contributed by atoms with Crippen LogP contribution >= 0.6 is 11.6 Å². The van der Waals surface area contributed by atoms with E-state index in [0.29, 0.717) is 28.6 Å². The number of morpholine rings is 1. The minimum atomic E-state index is -0.00894. The molecule has 1 aromatic carbocycles. The number of nitrogens with one attached hydrogen (secondary N) is 1. The van der Waals surface area contributed by atoms with Crippen LogP contribution in [-0.2, 0) is 4.74 Å². The quantitative estimate of drug-likeness (QED) is 0.922. The molecule has 0 aromatic heterocycles. The van der Waals surface area contributed by atoms with Gasteiger partial charge in [0.25, 0.3) is 5.91 Å². The fourth-order valence-corrected chi connectivity index (χ4v) is 3.78. The second-order valence-corrected chi connectivity index (χ2v) is 7.53. The monoisotopic (exact) mass is 336 g/mol. The lowest BCUT2D eigenvalue weighted by Gasteiger charge is -2.36. The zero-order chi connectivity index (χ0) is 16.6. The molecular formula is C18H25ClN2O2. The largest absolute Gasteiger partial charge is 0.375 e. The molecule has 2 fully saturated rings. The van der Waals surface area contributed by atoms with Crippen molar-refractivity contribution >= 4 is 17.5 Å². The third-order valence-corrected chi connectivity index (χ3v) is 5.19. The van der Waals surface area contributed by atoms with E-state index in [0.717, 1.165) is 31.7 Å². The average Bonchev–Trinajstić information content (AvgIpc) is 2.87. The normalized spacial score (nSPS) is 28.0. The van der Waals surface area contributed by atoms with Crippen LogP contribution in [0.3, 0.4) is 0 Å². The number of carbonyl (C=O) groups is 1. The van der Waals surface area contributed by atoms with Gasteiger partial charge in [-0.1, -0.05) is 25.4 Å². The maximum absolute atomic E-state index is 12.5. The number of aryl methyl sites for hydroxylation is 1. The first-order valence-corrected chi connectivity index (χ1v) is 8.74. The molecule has 0 spiro atoms. The summed E-state index contributed by atoms with van der Waals surface area (Å²) in [6.45, 7) is 8.96. The molecule has 23 heavy (non-hydrogen) atoms. The minimum Gasteiger partial charge on any atom is -0.375 e. The van der Waals surface area contributed by atoms with Crippen molar-refractivity contribution in [2.75, 3.05) is 19.7 Å². The summed E-state index contributed by atoms with van der Waals surface area (Å²) < 4.78 is 5.95. The Labute approximate surface area is 143 Å². The second-order valence-electron chi connectivity index (χ2n) is 7.09. The highest BCUT2D eigenvalue weighted by atomic mass is 35.5. The molecule has 2 aliphatic rings. The van der Waals surface area contributed by atoms with Gasteiger partial charge in [-0.25, -0.2) is 0 Å². The number of benzene rings is 1. The highest BCUT2D eigenvalue weighted by molar-refractivity contribution is 6.30. The number of hydrogen-bond acceptors (Lipinski definition) is 3. The molecule has 1 amide bonds. The van der Waals surface area contributed by atoms with Crippen molar-refractivity contribution in [3.63, 3.8) is 0 Å². The Kier molecular flexibility index (Phi) is 4.95. The van der Waals surface area contributed by atoms with E-state index in [4.69, 9.17) is 16.3 Å². The molecule has 4 nitrogen and oxygen atoms in total. The van der Waals surface area contributed by atoms with Crippen LogP contribution in [0.1, 0.15) is 36.2 Å². The van der Waals surface area contributed by atoms with Gasteiger partial charge in [-0.15, -0.1) is 0 Å². The van der Waals surface area contributed by atoms with Gasteiger partial charge < -0.3 is 10.1 Å². The summed E-state index contributed by atoms with van der Waals surface area (Å²) in [7, 11) is 0. The fraction of sp³-hybridized carbons (Fsp3) is 0.611. The third kappa shape index (κ3) is 3.70. The van der Waals surface area contributed by atoms with Crippen LogP contribution in [0.25, 0.3) is 0 Å². The molecule has 0 unspecified atom stereocenters. The van der Waals surface area contributed by atoms with Gasteiger partial charge in [0, 0.05) is 35.8 Å². The van der Waals surface area contributed by atoms with E-state index in [1.165, 1.54) is 0 Å². The van der Waals surface area contributed by atoms with Gasteiger partial charge in [0.1, 0.15) is 0 Å². The molecule has 126 valence electrons. The maximum Gasteiger partial charge on any atom is 0.251 e. The van der Waals surface area contributed by atoms with Crippen molar-refractivity contribution < 1.29 is 9.53 Å². The predicted molar refractivity (Wildman–Crippen MR) is 92.0 cm³/mol. The summed E-state index contributed by atoms with van der Waals surface area (Å²) in [5, 5.41) is 3.84. The smallest absolute Gasteiger partial charge is 0.251 e. The topological polar surface area (TPSA) is 41.6 Å². The Morgan fingerprint density at radius 1 is 1.39 bits per heavy atom. The zero-order valence-electron chi connectivity index (χ0n) is 14.0. The molecule has 3 atom stereocenters. The molecule has 2 saturated heterocycles. The molecule has 2 aliphatic heterocycles. The van der Waals surface area contributed by atoms with Crippen molar-refractivity contribution in [1.82, 2.24) is 10.2 Å². The summed E-state index contributed by atoms with van der Waals surface area (Å²) in [5.74, 6) is 0.520. The number of carbonyl (C=O) groups excluding carboxylic acids is 1. The van der Waals surface area contributed by atoms with E-state index >= 15 is 0 Å². The molecule has 1 aromatic rings. The van der Waals surface area contributed by atoms with Crippen LogP contribution in [0, 0.1) is 12.8 Å². The summed E-state index contributed by atoms with van der Waals surface area (Å²) in [5.41, 5.74) is 1.62. The van der Waals surface area contributed by atoms with Gasteiger partial charge in [-0.2, -0.15) is 0 Å². The number of ether oxygens (including phenoxy) is 1. The first kappa shape index (κ1) is 16.7. The molecule has 0 bridgehead atoms. The molecule has 0 saturated carbocycles. The predicted octanol–water partition coefficient (Wildman–Crippen LogP) is 2.88. The van der Waals surface area contributed by atoms with Gasteiger partial charge >= 0.3 is 0 Å². The lowest BCUT2D eigenvalue weighted by atomic mass is 10.0. The van der Waals surface area contributed by atoms with E-state index in [-0.39, 0.29) is 11.9 Å². The number of hydrogen-bond donors (Lipinski definition) is 1. The summed E-state index contributed by atoms with van der Waals surface area (Å²) in [4.78, 5) is 15.0. The molecular weight excluding hydrogens is 312 g/mol. The van der Waals surface area contributed by atoms with Gasteiger partial charge in [-0.3, -0.25) is 9.69 Å². The van der Waals surface area contributed by atoms with Crippen LogP contribution in [-0.4, -0.2) is 48.7 Å². The van der Waals surface area contributed by atoms with E-state index < -0.39 is 0 Å². The lowest BCUT2D eigenvalue weighted by Crippen LogP contribution is -2.48. The number of fused-ring (bicyclic) bond motifs is 1. The lowest BCUT2D eigenvalue weighted by molar-refractivity contribution is -0.0683. The van der Waals surface area contributed by atoms with Crippen LogP contribution in [0.15, 0.2) is 18.2 Å². The molecule has 0 aliphatic carbocycles. The number of rotatable bonds is 3. The number of halogens is 1. The summed E-state index contributed by atoms with van der Waals surface area (Å²) in [6.07, 6.45) is 1.27. The Balaban J connectivity index is 1.60. The van der Waals surface area contributed by atoms with Crippen LogP contribution in [0.5, 0.6) is 0 Å². The van der Waals surface area contributed by atoms with Gasteiger partial charge in [0.2, 0.25) is 0 Å². The standard InChI is InChI=1S/C18H25ClN2O2/c1-11(2)17-9-21-8-14(7-15(21)10-23-17)20-18(22)16-5-4-13(19)6-12(16)3/h4-6,11,14-15,17H,7-10H2,1-3H3,(H,20,22)/t14-,15+,17-/m1/s1. The number of amides is 1. The van der Waals surface area contributed by atoms with E-state index in [2.05, 4.69) is 24.1 Å². The average molecular weight is 337 g/mol. The maximum atomic E-state index is 12.5. The first-order chi connectivity index (χ1) is 10.9. The Bertz CT molecular complexity index is 590. The highest BCUT2D eigenvalue weighted by Crippen LogP contribution is 2.26. The Morgan fingerprint density at radius 2 is 2.17 bits per heavy atom. The number of nitrogens with zero attached hydrogens (tertiary/aromatic N) is 1. The molecule has 2 heterocycles. The van der Waals surface area contributed by atoms with Crippen LogP contribution < -0.4 is 5.32 Å². The van der Waals surface area contributed by atoms with E-state index in [1.807, 2.05) is 13.0 Å². The van der Waals surface area contributed by atoms with Crippen molar-refractivity contribution in [3.05, 3.63) is 34.3 Å². The van der Waals surface area contributed by atoms with Crippen molar-refractivity contribution in [2.24, 2.45) is 5.92 Å². The van der Waals surface area contributed by atoms with Crippen molar-refractivity contribution in [2.45, 2.75) is 45.4 Å². The SMILES string of the molecule is Cc1cc(Cl)ccc1C(=O)N[C@@H]1C[C@H]2CO[C@@H](C(C)C)CN2C1. The summed E-state index contributed by atoms with van der Waals surface area (Å²) >= 11 is 5.96. The van der Waals surface area contributed by atoms with E-state index in [1.54, 1.807) is 12.1 Å². The van der Waals surface area contributed by atoms with Crippen molar-refractivity contribution in [3.8, 4) is 0 Å². The Hall–Kier alpha value is -1.10. The highest BCUT2D eigenvalue weighted by Gasteiger charge is 2.38.